The summed E-state index contributed by atoms with van der Waals surface area (Å²) in [5.41, 5.74) is 1.34. The molecular formula is C10H13BrN2. The lowest BCUT2D eigenvalue weighted by atomic mass is 9.94. The number of hydrogen-bond donors (Lipinski definition) is 1. The van der Waals surface area contributed by atoms with Gasteiger partial charge in [0.25, 0.3) is 0 Å². The second-order valence-electron chi connectivity index (χ2n) is 3.52. The number of pyridine rings is 1. The van der Waals surface area contributed by atoms with Gasteiger partial charge in [-0.25, -0.2) is 4.98 Å². The number of rotatable bonds is 1. The quantitative estimate of drug-likeness (QED) is 0.817. The van der Waals surface area contributed by atoms with Crippen LogP contribution in [0, 0.1) is 5.92 Å². The van der Waals surface area contributed by atoms with E-state index in [0.717, 1.165) is 29.2 Å². The van der Waals surface area contributed by atoms with E-state index in [0.29, 0.717) is 0 Å². The zero-order chi connectivity index (χ0) is 9.26. The van der Waals surface area contributed by atoms with Gasteiger partial charge in [0.15, 0.2) is 0 Å². The smallest absolute Gasteiger partial charge is 0.129 e. The van der Waals surface area contributed by atoms with Crippen LogP contribution in [0.3, 0.4) is 0 Å². The first-order valence-electron chi connectivity index (χ1n) is 4.68. The molecule has 1 atom stereocenters. The second kappa shape index (κ2) is 3.66. The molecule has 1 aliphatic heterocycles. The number of anilines is 1. The normalized spacial score (nSPS) is 20.6. The van der Waals surface area contributed by atoms with E-state index in [2.05, 4.69) is 39.2 Å². The van der Waals surface area contributed by atoms with Crippen molar-refractivity contribution < 1.29 is 0 Å². The summed E-state index contributed by atoms with van der Waals surface area (Å²) in [7, 11) is 0. The highest BCUT2D eigenvalue weighted by Crippen LogP contribution is 2.26. The average Bonchev–Trinajstić information content (AvgIpc) is 2.16. The van der Waals surface area contributed by atoms with Crippen molar-refractivity contribution in [3.8, 4) is 0 Å². The van der Waals surface area contributed by atoms with E-state index < -0.39 is 0 Å². The SMILES string of the molecule is CCC1CNc2ncc(Br)cc2C1. The molecule has 0 bridgehead atoms. The van der Waals surface area contributed by atoms with Crippen molar-refractivity contribution >= 4 is 21.7 Å². The molecule has 3 heteroatoms. The van der Waals surface area contributed by atoms with Crippen LogP contribution in [0.2, 0.25) is 0 Å². The first-order chi connectivity index (χ1) is 6.29. The molecule has 0 aromatic carbocycles. The molecule has 0 spiro atoms. The Balaban J connectivity index is 2.27. The summed E-state index contributed by atoms with van der Waals surface area (Å²) in [6.07, 6.45) is 4.24. The summed E-state index contributed by atoms with van der Waals surface area (Å²) in [5.74, 6) is 1.83. The molecule has 0 radical (unpaired) electrons. The molecule has 0 saturated heterocycles. The number of hydrogen-bond acceptors (Lipinski definition) is 2. The first-order valence-corrected chi connectivity index (χ1v) is 5.47. The zero-order valence-corrected chi connectivity index (χ0v) is 9.26. The van der Waals surface area contributed by atoms with E-state index in [4.69, 9.17) is 0 Å². The van der Waals surface area contributed by atoms with Crippen LogP contribution in [-0.2, 0) is 6.42 Å². The maximum absolute atomic E-state index is 4.33. The summed E-state index contributed by atoms with van der Waals surface area (Å²) >= 11 is 3.44. The van der Waals surface area contributed by atoms with Gasteiger partial charge in [-0.15, -0.1) is 0 Å². The number of halogens is 1. The second-order valence-corrected chi connectivity index (χ2v) is 4.44. The topological polar surface area (TPSA) is 24.9 Å². The van der Waals surface area contributed by atoms with E-state index in [9.17, 15) is 0 Å². The van der Waals surface area contributed by atoms with Crippen LogP contribution in [0.25, 0.3) is 0 Å². The molecule has 1 aromatic heterocycles. The average molecular weight is 241 g/mol. The van der Waals surface area contributed by atoms with Crippen molar-refractivity contribution in [1.29, 1.82) is 0 Å². The molecule has 13 heavy (non-hydrogen) atoms. The number of aromatic nitrogens is 1. The maximum atomic E-state index is 4.33. The molecule has 2 rings (SSSR count). The largest absolute Gasteiger partial charge is 0.370 e. The van der Waals surface area contributed by atoms with Crippen molar-refractivity contribution in [2.24, 2.45) is 5.92 Å². The molecule has 2 nitrogen and oxygen atoms in total. The number of fused-ring (bicyclic) bond motifs is 1. The van der Waals surface area contributed by atoms with Gasteiger partial charge in [-0.3, -0.25) is 0 Å². The van der Waals surface area contributed by atoms with Crippen LogP contribution in [0.15, 0.2) is 16.7 Å². The van der Waals surface area contributed by atoms with Crippen LogP contribution in [0.1, 0.15) is 18.9 Å². The van der Waals surface area contributed by atoms with E-state index in [1.807, 2.05) is 6.20 Å². The van der Waals surface area contributed by atoms with Crippen molar-refractivity contribution in [1.82, 2.24) is 4.98 Å². The summed E-state index contributed by atoms with van der Waals surface area (Å²) < 4.78 is 1.07. The Morgan fingerprint density at radius 3 is 3.31 bits per heavy atom. The predicted molar refractivity (Wildman–Crippen MR) is 57.9 cm³/mol. The molecule has 70 valence electrons. The molecule has 2 heterocycles. The Morgan fingerprint density at radius 2 is 2.54 bits per heavy atom. The Kier molecular flexibility index (Phi) is 2.54. The summed E-state index contributed by atoms with van der Waals surface area (Å²) in [4.78, 5) is 4.33. The fourth-order valence-corrected chi connectivity index (χ4v) is 2.09. The summed E-state index contributed by atoms with van der Waals surface area (Å²) in [6.45, 7) is 3.31. The van der Waals surface area contributed by atoms with Gasteiger partial charge in [-0.2, -0.15) is 0 Å². The van der Waals surface area contributed by atoms with Crippen LogP contribution in [-0.4, -0.2) is 11.5 Å². The van der Waals surface area contributed by atoms with E-state index in [-0.39, 0.29) is 0 Å². The fraction of sp³-hybridized carbons (Fsp3) is 0.500. The molecule has 1 aliphatic rings. The van der Waals surface area contributed by atoms with Crippen LogP contribution in [0.4, 0.5) is 5.82 Å². The van der Waals surface area contributed by atoms with Gasteiger partial charge in [-0.05, 0) is 39.9 Å². The molecule has 0 saturated carbocycles. The third kappa shape index (κ3) is 1.85. The maximum Gasteiger partial charge on any atom is 0.129 e. The standard InChI is InChI=1S/C10H13BrN2/c1-2-7-3-8-4-9(11)6-13-10(8)12-5-7/h4,6-7H,2-3,5H2,1H3,(H,12,13). The highest BCUT2D eigenvalue weighted by Gasteiger charge is 2.17. The van der Waals surface area contributed by atoms with Crippen molar-refractivity contribution in [2.45, 2.75) is 19.8 Å². The van der Waals surface area contributed by atoms with E-state index in [1.54, 1.807) is 0 Å². The van der Waals surface area contributed by atoms with Crippen LogP contribution in [0.5, 0.6) is 0 Å². The van der Waals surface area contributed by atoms with Crippen molar-refractivity contribution in [3.63, 3.8) is 0 Å². The van der Waals surface area contributed by atoms with Gasteiger partial charge in [-0.1, -0.05) is 13.3 Å². The fourth-order valence-electron chi connectivity index (χ4n) is 1.71. The third-order valence-corrected chi connectivity index (χ3v) is 3.01. The predicted octanol–water partition coefficient (Wildman–Crippen LogP) is 2.84. The minimum atomic E-state index is 0.767. The first kappa shape index (κ1) is 9.00. The van der Waals surface area contributed by atoms with Gasteiger partial charge in [0.05, 0.1) is 0 Å². The van der Waals surface area contributed by atoms with Crippen LogP contribution < -0.4 is 5.32 Å². The van der Waals surface area contributed by atoms with Crippen molar-refractivity contribution in [2.75, 3.05) is 11.9 Å². The lowest BCUT2D eigenvalue weighted by Crippen LogP contribution is -2.23. The van der Waals surface area contributed by atoms with E-state index in [1.165, 1.54) is 12.0 Å². The van der Waals surface area contributed by atoms with Crippen LogP contribution >= 0.6 is 15.9 Å². The third-order valence-electron chi connectivity index (χ3n) is 2.58. The molecular weight excluding hydrogens is 228 g/mol. The van der Waals surface area contributed by atoms with Gasteiger partial charge in [0, 0.05) is 17.2 Å². The lowest BCUT2D eigenvalue weighted by molar-refractivity contribution is 0.518. The molecule has 1 aromatic rings. The summed E-state index contributed by atoms with van der Waals surface area (Å²) in [5, 5.41) is 3.36. The summed E-state index contributed by atoms with van der Waals surface area (Å²) in [6, 6.07) is 2.16. The molecule has 0 aliphatic carbocycles. The molecule has 1 unspecified atom stereocenters. The van der Waals surface area contributed by atoms with Gasteiger partial charge < -0.3 is 5.32 Å². The Hall–Kier alpha value is -0.570. The van der Waals surface area contributed by atoms with Gasteiger partial charge in [0.2, 0.25) is 0 Å². The minimum Gasteiger partial charge on any atom is -0.370 e. The molecule has 1 N–H and O–H groups in total. The monoisotopic (exact) mass is 240 g/mol. The highest BCUT2D eigenvalue weighted by molar-refractivity contribution is 9.10. The molecule has 0 amide bonds. The van der Waals surface area contributed by atoms with Gasteiger partial charge >= 0.3 is 0 Å². The number of nitrogens with one attached hydrogen (secondary N) is 1. The minimum absolute atomic E-state index is 0.767. The highest BCUT2D eigenvalue weighted by atomic mass is 79.9. The lowest BCUT2D eigenvalue weighted by Gasteiger charge is -2.24. The van der Waals surface area contributed by atoms with E-state index >= 15 is 0 Å². The Bertz CT molecular complexity index is 312. The van der Waals surface area contributed by atoms with Gasteiger partial charge in [0.1, 0.15) is 5.82 Å². The Labute approximate surface area is 86.9 Å². The van der Waals surface area contributed by atoms with Crippen molar-refractivity contribution in [3.05, 3.63) is 22.3 Å². The molecule has 0 fully saturated rings. The number of nitrogens with zero attached hydrogens (tertiary/aromatic N) is 1. The zero-order valence-electron chi connectivity index (χ0n) is 7.68. The Morgan fingerprint density at radius 1 is 1.69 bits per heavy atom.